The fraction of sp³-hybridized carbons (Fsp3) is 0.158. The first-order valence-electron chi connectivity index (χ1n) is 7.41. The van der Waals surface area contributed by atoms with Crippen LogP contribution in [0.3, 0.4) is 0 Å². The van der Waals surface area contributed by atoms with E-state index in [1.54, 1.807) is 44.2 Å². The molecular formula is C19H16O4. The van der Waals surface area contributed by atoms with Gasteiger partial charge in [0.25, 0.3) is 0 Å². The number of fused-ring (bicyclic) bond motifs is 1. The van der Waals surface area contributed by atoms with Crippen LogP contribution in [0.25, 0.3) is 22.1 Å². The molecule has 0 aliphatic carbocycles. The van der Waals surface area contributed by atoms with E-state index in [1.807, 2.05) is 24.3 Å². The van der Waals surface area contributed by atoms with Gasteiger partial charge in [-0.2, -0.15) is 0 Å². The maximum Gasteiger partial charge on any atom is 0.348 e. The minimum absolute atomic E-state index is 0.252. The van der Waals surface area contributed by atoms with Crippen LogP contribution in [-0.2, 0) is 4.79 Å². The Kier molecular flexibility index (Phi) is 3.98. The lowest BCUT2D eigenvalue weighted by atomic mass is 10.0. The molecule has 0 atom stereocenters. The van der Waals surface area contributed by atoms with Crippen LogP contribution in [0.5, 0.6) is 5.75 Å². The zero-order chi connectivity index (χ0) is 16.4. The maximum absolute atomic E-state index is 12.4. The minimum atomic E-state index is -0.526. The third kappa shape index (κ3) is 2.88. The largest absolute Gasteiger partial charge is 0.425 e. The number of ether oxygens (including phenoxy) is 1. The Balaban J connectivity index is 2.31. The van der Waals surface area contributed by atoms with Gasteiger partial charge in [0.05, 0.1) is 11.3 Å². The SMILES string of the molecule is CC(C)C(=O)Oc1c(-c2ccccc2)c(=O)oc2ccccc12. The number of rotatable bonds is 3. The van der Waals surface area contributed by atoms with Crippen molar-refractivity contribution >= 4 is 16.9 Å². The van der Waals surface area contributed by atoms with Gasteiger partial charge in [-0.1, -0.05) is 56.3 Å². The highest BCUT2D eigenvalue weighted by molar-refractivity contribution is 5.93. The van der Waals surface area contributed by atoms with E-state index in [2.05, 4.69) is 0 Å². The highest BCUT2D eigenvalue weighted by Crippen LogP contribution is 2.34. The van der Waals surface area contributed by atoms with E-state index in [4.69, 9.17) is 9.15 Å². The fourth-order valence-corrected chi connectivity index (χ4v) is 2.30. The third-order valence-corrected chi connectivity index (χ3v) is 3.50. The van der Waals surface area contributed by atoms with Crippen molar-refractivity contribution in [3.8, 4) is 16.9 Å². The molecule has 0 radical (unpaired) electrons. The monoisotopic (exact) mass is 308 g/mol. The lowest BCUT2D eigenvalue weighted by Gasteiger charge is -2.13. The van der Waals surface area contributed by atoms with Gasteiger partial charge in [-0.05, 0) is 17.7 Å². The molecule has 4 heteroatoms. The molecule has 0 aliphatic heterocycles. The average Bonchev–Trinajstić information content (AvgIpc) is 2.55. The molecule has 3 rings (SSSR count). The third-order valence-electron chi connectivity index (χ3n) is 3.50. The molecule has 3 aromatic rings. The predicted octanol–water partition coefficient (Wildman–Crippen LogP) is 4.02. The summed E-state index contributed by atoms with van der Waals surface area (Å²) >= 11 is 0. The Labute approximate surface area is 133 Å². The van der Waals surface area contributed by atoms with E-state index in [9.17, 15) is 9.59 Å². The standard InChI is InChI=1S/C19H16O4/c1-12(2)18(20)23-17-14-10-6-7-11-15(14)22-19(21)16(17)13-8-4-3-5-9-13/h3-12H,1-2H3. The predicted molar refractivity (Wildman–Crippen MR) is 88.4 cm³/mol. The number of para-hydroxylation sites is 1. The first-order valence-corrected chi connectivity index (χ1v) is 7.41. The second-order valence-corrected chi connectivity index (χ2v) is 5.53. The summed E-state index contributed by atoms with van der Waals surface area (Å²) in [4.78, 5) is 24.5. The molecule has 0 bridgehead atoms. The van der Waals surface area contributed by atoms with E-state index in [0.717, 1.165) is 0 Å². The highest BCUT2D eigenvalue weighted by Gasteiger charge is 2.21. The molecule has 0 aliphatic rings. The molecule has 2 aromatic carbocycles. The fourth-order valence-electron chi connectivity index (χ4n) is 2.30. The number of esters is 1. The van der Waals surface area contributed by atoms with Crippen LogP contribution in [0.2, 0.25) is 0 Å². The minimum Gasteiger partial charge on any atom is -0.425 e. The Hall–Kier alpha value is -2.88. The summed E-state index contributed by atoms with van der Waals surface area (Å²) in [5, 5.41) is 0.597. The second-order valence-electron chi connectivity index (χ2n) is 5.53. The summed E-state index contributed by atoms with van der Waals surface area (Å²) < 4.78 is 10.9. The van der Waals surface area contributed by atoms with Crippen LogP contribution in [-0.4, -0.2) is 5.97 Å². The first-order chi connectivity index (χ1) is 11.1. The van der Waals surface area contributed by atoms with Crippen LogP contribution in [0.4, 0.5) is 0 Å². The first kappa shape index (κ1) is 15.0. The van der Waals surface area contributed by atoms with Gasteiger partial charge >= 0.3 is 11.6 Å². The summed E-state index contributed by atoms with van der Waals surface area (Å²) in [7, 11) is 0. The van der Waals surface area contributed by atoms with E-state index >= 15 is 0 Å². The molecule has 0 amide bonds. The lowest BCUT2D eigenvalue weighted by molar-refractivity contribution is -0.137. The zero-order valence-corrected chi connectivity index (χ0v) is 12.9. The van der Waals surface area contributed by atoms with Gasteiger partial charge in [0, 0.05) is 0 Å². The summed E-state index contributed by atoms with van der Waals surface area (Å²) in [6.45, 7) is 3.50. The number of hydrogen-bond acceptors (Lipinski definition) is 4. The summed E-state index contributed by atoms with van der Waals surface area (Å²) in [5.74, 6) is -0.440. The Morgan fingerprint density at radius 1 is 1.00 bits per heavy atom. The highest BCUT2D eigenvalue weighted by atomic mass is 16.5. The van der Waals surface area contributed by atoms with Crippen molar-refractivity contribution in [1.29, 1.82) is 0 Å². The molecule has 0 saturated carbocycles. The van der Waals surface area contributed by atoms with Gasteiger partial charge in [-0.25, -0.2) is 4.79 Å². The van der Waals surface area contributed by atoms with Crippen molar-refractivity contribution in [2.45, 2.75) is 13.8 Å². The number of carbonyl (C=O) groups is 1. The average molecular weight is 308 g/mol. The molecule has 116 valence electrons. The van der Waals surface area contributed by atoms with Gasteiger partial charge in [-0.3, -0.25) is 4.79 Å². The molecule has 0 saturated heterocycles. The van der Waals surface area contributed by atoms with Crippen LogP contribution in [0.15, 0.2) is 63.8 Å². The van der Waals surface area contributed by atoms with E-state index < -0.39 is 11.6 Å². The molecule has 1 aromatic heterocycles. The lowest BCUT2D eigenvalue weighted by Crippen LogP contribution is -2.17. The molecular weight excluding hydrogens is 292 g/mol. The van der Waals surface area contributed by atoms with Gasteiger partial charge in [0.2, 0.25) is 0 Å². The van der Waals surface area contributed by atoms with Gasteiger partial charge in [0.15, 0.2) is 5.75 Å². The van der Waals surface area contributed by atoms with Crippen molar-refractivity contribution in [3.05, 3.63) is 65.0 Å². The van der Waals surface area contributed by atoms with Crippen LogP contribution >= 0.6 is 0 Å². The topological polar surface area (TPSA) is 56.5 Å². The van der Waals surface area contributed by atoms with Gasteiger partial charge < -0.3 is 9.15 Å². The van der Waals surface area contributed by atoms with E-state index in [1.165, 1.54) is 0 Å². The van der Waals surface area contributed by atoms with Crippen LogP contribution < -0.4 is 10.4 Å². The Bertz CT molecular complexity index is 908. The Morgan fingerprint density at radius 3 is 2.35 bits per heavy atom. The van der Waals surface area contributed by atoms with Crippen molar-refractivity contribution in [2.24, 2.45) is 5.92 Å². The molecule has 0 fully saturated rings. The molecule has 23 heavy (non-hydrogen) atoms. The second kappa shape index (κ2) is 6.08. The maximum atomic E-state index is 12.4. The molecule has 1 heterocycles. The van der Waals surface area contributed by atoms with Crippen molar-refractivity contribution in [3.63, 3.8) is 0 Å². The molecule has 0 spiro atoms. The van der Waals surface area contributed by atoms with Crippen LogP contribution in [0, 0.1) is 5.92 Å². The van der Waals surface area contributed by atoms with Gasteiger partial charge in [0.1, 0.15) is 11.1 Å². The molecule has 0 unspecified atom stereocenters. The number of carbonyl (C=O) groups excluding carboxylic acids is 1. The smallest absolute Gasteiger partial charge is 0.348 e. The molecule has 0 N–H and O–H groups in total. The molecule has 4 nitrogen and oxygen atoms in total. The summed E-state index contributed by atoms with van der Waals surface area (Å²) in [6.07, 6.45) is 0. The van der Waals surface area contributed by atoms with Crippen molar-refractivity contribution < 1.29 is 13.9 Å². The zero-order valence-electron chi connectivity index (χ0n) is 12.9. The summed E-state index contributed by atoms with van der Waals surface area (Å²) in [5.41, 5.74) is 0.780. The number of benzene rings is 2. The van der Waals surface area contributed by atoms with Crippen molar-refractivity contribution in [1.82, 2.24) is 0 Å². The van der Waals surface area contributed by atoms with Crippen LogP contribution in [0.1, 0.15) is 13.8 Å². The van der Waals surface area contributed by atoms with E-state index in [-0.39, 0.29) is 17.2 Å². The Morgan fingerprint density at radius 2 is 1.65 bits per heavy atom. The van der Waals surface area contributed by atoms with Gasteiger partial charge in [-0.15, -0.1) is 0 Å². The van der Waals surface area contributed by atoms with Crippen molar-refractivity contribution in [2.75, 3.05) is 0 Å². The quantitative estimate of drug-likeness (QED) is 0.541. The number of hydrogen-bond donors (Lipinski definition) is 0. The summed E-state index contributed by atoms with van der Waals surface area (Å²) in [6, 6.07) is 16.1. The normalized spacial score (nSPS) is 10.9. The van der Waals surface area contributed by atoms with E-state index in [0.29, 0.717) is 16.5 Å².